The molecular formula is C14H13N3O3. The number of nitrogens with one attached hydrogen (secondary N) is 1. The molecule has 0 spiro atoms. The molecule has 0 fully saturated rings. The van der Waals surface area contributed by atoms with Crippen LogP contribution in [-0.2, 0) is 0 Å². The predicted octanol–water partition coefficient (Wildman–Crippen LogP) is 2.86. The van der Waals surface area contributed by atoms with Crippen molar-refractivity contribution in [2.24, 2.45) is 0 Å². The van der Waals surface area contributed by atoms with Gasteiger partial charge in [0.1, 0.15) is 0 Å². The second-order valence-corrected chi connectivity index (χ2v) is 4.35. The minimum absolute atomic E-state index is 0.114. The Balaban J connectivity index is 2.29. The highest BCUT2D eigenvalue weighted by Crippen LogP contribution is 2.19. The van der Waals surface area contributed by atoms with Crippen molar-refractivity contribution in [2.75, 3.05) is 5.32 Å². The minimum atomic E-state index is -0.530. The molecule has 0 radical (unpaired) electrons. The third-order valence-corrected chi connectivity index (χ3v) is 2.91. The zero-order valence-electron chi connectivity index (χ0n) is 11.1. The quantitative estimate of drug-likeness (QED) is 0.687. The fourth-order valence-corrected chi connectivity index (χ4v) is 1.83. The van der Waals surface area contributed by atoms with Crippen LogP contribution in [0.15, 0.2) is 36.5 Å². The highest BCUT2D eigenvalue weighted by Gasteiger charge is 2.13. The minimum Gasteiger partial charge on any atom is -0.320 e. The number of aromatic nitrogens is 1. The van der Waals surface area contributed by atoms with Crippen LogP contribution in [0.1, 0.15) is 21.6 Å². The van der Waals surface area contributed by atoms with Gasteiger partial charge in [0.25, 0.3) is 11.6 Å². The zero-order valence-corrected chi connectivity index (χ0v) is 11.1. The molecular weight excluding hydrogens is 258 g/mol. The maximum absolute atomic E-state index is 12.1. The first-order valence-electron chi connectivity index (χ1n) is 5.97. The van der Waals surface area contributed by atoms with E-state index in [-0.39, 0.29) is 11.3 Å². The maximum atomic E-state index is 12.1. The fourth-order valence-electron chi connectivity index (χ4n) is 1.83. The first-order valence-corrected chi connectivity index (χ1v) is 5.97. The van der Waals surface area contributed by atoms with Gasteiger partial charge in [-0.05, 0) is 31.5 Å². The lowest BCUT2D eigenvalue weighted by atomic mass is 10.1. The van der Waals surface area contributed by atoms with E-state index in [4.69, 9.17) is 0 Å². The van der Waals surface area contributed by atoms with Crippen LogP contribution >= 0.6 is 0 Å². The van der Waals surface area contributed by atoms with Gasteiger partial charge in [0, 0.05) is 23.9 Å². The number of carbonyl (C=O) groups excluding carboxylic acids is 1. The number of amides is 1. The van der Waals surface area contributed by atoms with Crippen molar-refractivity contribution in [3.05, 3.63) is 63.5 Å². The highest BCUT2D eigenvalue weighted by atomic mass is 16.6. The summed E-state index contributed by atoms with van der Waals surface area (Å²) in [4.78, 5) is 26.4. The van der Waals surface area contributed by atoms with Gasteiger partial charge >= 0.3 is 0 Å². The topological polar surface area (TPSA) is 85.1 Å². The third-order valence-electron chi connectivity index (χ3n) is 2.91. The van der Waals surface area contributed by atoms with E-state index in [9.17, 15) is 14.9 Å². The molecule has 0 aliphatic carbocycles. The second-order valence-electron chi connectivity index (χ2n) is 4.35. The number of hydrogen-bond acceptors (Lipinski definition) is 4. The van der Waals surface area contributed by atoms with Gasteiger partial charge in [-0.25, -0.2) is 0 Å². The predicted molar refractivity (Wildman–Crippen MR) is 74.8 cm³/mol. The number of benzene rings is 1. The van der Waals surface area contributed by atoms with Gasteiger partial charge in [0.2, 0.25) is 0 Å². The summed E-state index contributed by atoms with van der Waals surface area (Å²) in [7, 11) is 0. The highest BCUT2D eigenvalue weighted by molar-refractivity contribution is 6.05. The van der Waals surface area contributed by atoms with Crippen LogP contribution in [0.25, 0.3) is 0 Å². The first kappa shape index (κ1) is 13.7. The molecule has 20 heavy (non-hydrogen) atoms. The summed E-state index contributed by atoms with van der Waals surface area (Å²) >= 11 is 0. The van der Waals surface area contributed by atoms with E-state index in [1.807, 2.05) is 6.92 Å². The third kappa shape index (κ3) is 2.80. The number of aryl methyl sites for hydroxylation is 2. The van der Waals surface area contributed by atoms with E-state index in [0.29, 0.717) is 11.4 Å². The van der Waals surface area contributed by atoms with Crippen molar-refractivity contribution >= 4 is 17.3 Å². The number of nitrogens with zero attached hydrogens (tertiary/aromatic N) is 2. The van der Waals surface area contributed by atoms with Gasteiger partial charge in [-0.15, -0.1) is 0 Å². The molecule has 102 valence electrons. The van der Waals surface area contributed by atoms with E-state index in [1.165, 1.54) is 24.3 Å². The van der Waals surface area contributed by atoms with Crippen LogP contribution in [0.2, 0.25) is 0 Å². The molecule has 1 aromatic carbocycles. The molecule has 0 unspecified atom stereocenters. The van der Waals surface area contributed by atoms with E-state index >= 15 is 0 Å². The van der Waals surface area contributed by atoms with E-state index in [1.54, 1.807) is 19.2 Å². The number of pyridine rings is 1. The van der Waals surface area contributed by atoms with Crippen molar-refractivity contribution in [1.82, 2.24) is 4.98 Å². The Morgan fingerprint density at radius 3 is 2.70 bits per heavy atom. The van der Waals surface area contributed by atoms with E-state index < -0.39 is 10.8 Å². The Morgan fingerprint density at radius 1 is 1.30 bits per heavy atom. The monoisotopic (exact) mass is 271 g/mol. The summed E-state index contributed by atoms with van der Waals surface area (Å²) in [5.41, 5.74) is 2.34. The Kier molecular flexibility index (Phi) is 3.74. The average Bonchev–Trinajstić information content (AvgIpc) is 2.43. The molecule has 6 heteroatoms. The number of anilines is 1. The average molecular weight is 271 g/mol. The molecule has 0 bridgehead atoms. The lowest BCUT2D eigenvalue weighted by Crippen LogP contribution is -2.14. The SMILES string of the molecule is Cc1ccnc(C)c1NC(=O)c1cccc([N+](=O)[O-])c1. The van der Waals surface area contributed by atoms with Crippen LogP contribution in [0.3, 0.4) is 0 Å². The van der Waals surface area contributed by atoms with Crippen molar-refractivity contribution in [3.63, 3.8) is 0 Å². The number of rotatable bonds is 3. The Labute approximate surface area is 115 Å². The Morgan fingerprint density at radius 2 is 2.05 bits per heavy atom. The lowest BCUT2D eigenvalue weighted by Gasteiger charge is -2.10. The van der Waals surface area contributed by atoms with Gasteiger partial charge in [0.15, 0.2) is 0 Å². The van der Waals surface area contributed by atoms with Crippen LogP contribution in [-0.4, -0.2) is 15.8 Å². The molecule has 1 heterocycles. The summed E-state index contributed by atoms with van der Waals surface area (Å²) in [5.74, 6) is -0.395. The summed E-state index contributed by atoms with van der Waals surface area (Å²) in [5, 5.41) is 13.4. The molecule has 0 aliphatic rings. The molecule has 2 rings (SSSR count). The summed E-state index contributed by atoms with van der Waals surface area (Å²) in [6, 6.07) is 7.39. The molecule has 2 aromatic rings. The fraction of sp³-hybridized carbons (Fsp3) is 0.143. The number of non-ortho nitro benzene ring substituents is 1. The summed E-state index contributed by atoms with van der Waals surface area (Å²) in [6.07, 6.45) is 1.66. The standard InChI is InChI=1S/C14H13N3O3/c1-9-6-7-15-10(2)13(9)16-14(18)11-4-3-5-12(8-11)17(19)20/h3-8H,1-2H3,(H,16,18). The molecule has 1 aromatic heterocycles. The van der Waals surface area contributed by atoms with Crippen LogP contribution in [0, 0.1) is 24.0 Å². The summed E-state index contributed by atoms with van der Waals surface area (Å²) < 4.78 is 0. The number of carbonyl (C=O) groups is 1. The zero-order chi connectivity index (χ0) is 14.7. The van der Waals surface area contributed by atoms with E-state index in [2.05, 4.69) is 10.3 Å². The van der Waals surface area contributed by atoms with Gasteiger partial charge in [-0.2, -0.15) is 0 Å². The molecule has 1 N–H and O–H groups in total. The number of nitro groups is 1. The van der Waals surface area contributed by atoms with Crippen LogP contribution in [0.5, 0.6) is 0 Å². The van der Waals surface area contributed by atoms with Crippen LogP contribution < -0.4 is 5.32 Å². The van der Waals surface area contributed by atoms with E-state index in [0.717, 1.165) is 5.56 Å². The Hall–Kier alpha value is -2.76. The maximum Gasteiger partial charge on any atom is 0.270 e. The molecule has 6 nitrogen and oxygen atoms in total. The Bertz CT molecular complexity index is 663. The molecule has 0 aliphatic heterocycles. The van der Waals surface area contributed by atoms with Crippen molar-refractivity contribution in [1.29, 1.82) is 0 Å². The second kappa shape index (κ2) is 5.48. The first-order chi connectivity index (χ1) is 9.49. The van der Waals surface area contributed by atoms with Crippen molar-refractivity contribution < 1.29 is 9.72 Å². The normalized spacial score (nSPS) is 10.1. The number of nitro benzene ring substituents is 1. The molecule has 0 saturated heterocycles. The molecule has 0 atom stereocenters. The molecule has 0 saturated carbocycles. The van der Waals surface area contributed by atoms with Gasteiger partial charge < -0.3 is 5.32 Å². The number of hydrogen-bond donors (Lipinski definition) is 1. The van der Waals surface area contributed by atoms with Crippen LogP contribution in [0.4, 0.5) is 11.4 Å². The van der Waals surface area contributed by atoms with Crippen molar-refractivity contribution in [3.8, 4) is 0 Å². The summed E-state index contributed by atoms with van der Waals surface area (Å²) in [6.45, 7) is 3.65. The van der Waals surface area contributed by atoms with Gasteiger partial charge in [-0.1, -0.05) is 6.07 Å². The van der Waals surface area contributed by atoms with Gasteiger partial charge in [0.05, 0.1) is 16.3 Å². The largest absolute Gasteiger partial charge is 0.320 e. The lowest BCUT2D eigenvalue weighted by molar-refractivity contribution is -0.384. The van der Waals surface area contributed by atoms with Crippen molar-refractivity contribution in [2.45, 2.75) is 13.8 Å². The smallest absolute Gasteiger partial charge is 0.270 e. The molecule has 1 amide bonds. The van der Waals surface area contributed by atoms with Gasteiger partial charge in [-0.3, -0.25) is 19.9 Å².